The lowest BCUT2D eigenvalue weighted by atomic mass is 9.92. The Morgan fingerprint density at radius 3 is 2.49 bits per heavy atom. The van der Waals surface area contributed by atoms with Crippen molar-refractivity contribution in [2.75, 3.05) is 5.73 Å². The average Bonchev–Trinajstić information content (AvgIpc) is 3.26. The van der Waals surface area contributed by atoms with Crippen LogP contribution in [-0.2, 0) is 6.18 Å². The molecule has 0 amide bonds. The Balaban J connectivity index is 1.58. The fraction of sp³-hybridized carbons (Fsp3) is 0.200. The van der Waals surface area contributed by atoms with Crippen LogP contribution in [-0.4, -0.2) is 20.4 Å². The average molecular weight is 547 g/mol. The molecule has 1 radical (unpaired) electrons. The van der Waals surface area contributed by atoms with Gasteiger partial charge in [-0.25, -0.2) is 9.97 Å². The number of imidazole rings is 1. The largest absolute Gasteiger partial charge is 0.416 e. The van der Waals surface area contributed by atoms with E-state index in [9.17, 15) is 13.2 Å². The quantitative estimate of drug-likeness (QED) is 0.246. The summed E-state index contributed by atoms with van der Waals surface area (Å²) in [6.45, 7) is 1.92. The van der Waals surface area contributed by atoms with Gasteiger partial charge in [0, 0.05) is 23.2 Å². The van der Waals surface area contributed by atoms with Gasteiger partial charge in [0.1, 0.15) is 22.9 Å². The third kappa shape index (κ3) is 4.33. The summed E-state index contributed by atoms with van der Waals surface area (Å²) in [5.41, 5.74) is 16.7. The molecule has 0 fully saturated rings. The molecule has 1 aliphatic rings. The van der Waals surface area contributed by atoms with E-state index in [1.54, 1.807) is 12.3 Å². The molecule has 0 spiro atoms. The van der Waals surface area contributed by atoms with Crippen molar-refractivity contribution in [1.29, 1.82) is 0 Å². The van der Waals surface area contributed by atoms with E-state index in [2.05, 4.69) is 17.1 Å². The number of alkyl halides is 3. The monoisotopic (exact) mass is 546 g/mol. The van der Waals surface area contributed by atoms with Crippen molar-refractivity contribution in [2.45, 2.75) is 38.4 Å². The minimum Gasteiger partial charge on any atom is -0.382 e. The highest BCUT2D eigenvalue weighted by Gasteiger charge is 2.31. The molecule has 5 aromatic rings. The lowest BCUT2D eigenvalue weighted by molar-refractivity contribution is -0.137. The number of hydrogen-bond acceptors (Lipinski definition) is 4. The fourth-order valence-corrected chi connectivity index (χ4v) is 5.60. The number of aromatic nitrogens is 3. The van der Waals surface area contributed by atoms with E-state index in [4.69, 9.17) is 28.1 Å². The number of nitrogen functional groups attached to an aromatic ring is 1. The van der Waals surface area contributed by atoms with Gasteiger partial charge in [0.25, 0.3) is 0 Å². The molecular weight excluding hydrogens is 523 g/mol. The van der Waals surface area contributed by atoms with Crippen LogP contribution in [0.3, 0.4) is 0 Å². The molecule has 6 rings (SSSR count). The van der Waals surface area contributed by atoms with Crippen LogP contribution in [0.5, 0.6) is 0 Å². The summed E-state index contributed by atoms with van der Waals surface area (Å²) in [6, 6.07) is 15.7. The second kappa shape index (κ2) is 9.39. The Bertz CT molecular complexity index is 1790. The fourth-order valence-electron chi connectivity index (χ4n) is 5.39. The molecule has 0 bridgehead atoms. The summed E-state index contributed by atoms with van der Waals surface area (Å²) in [7, 11) is 0. The molecule has 0 saturated heterocycles. The molecule has 2 heterocycles. The molecule has 1 atom stereocenters. The summed E-state index contributed by atoms with van der Waals surface area (Å²) in [6.07, 6.45) is 1.93. The zero-order valence-electron chi connectivity index (χ0n) is 21.0. The van der Waals surface area contributed by atoms with Gasteiger partial charge in [-0.2, -0.15) is 13.2 Å². The van der Waals surface area contributed by atoms with Crippen LogP contribution in [0.2, 0.25) is 5.02 Å². The van der Waals surface area contributed by atoms with Gasteiger partial charge < -0.3 is 11.5 Å². The topological polar surface area (TPSA) is 82.2 Å². The second-order valence-electron chi connectivity index (χ2n) is 9.80. The molecule has 0 saturated carbocycles. The number of nitrogens with two attached hydrogens (primary N) is 2. The van der Waals surface area contributed by atoms with E-state index >= 15 is 0 Å². The van der Waals surface area contributed by atoms with Crippen molar-refractivity contribution in [3.63, 3.8) is 0 Å². The van der Waals surface area contributed by atoms with Crippen molar-refractivity contribution in [1.82, 2.24) is 14.4 Å². The summed E-state index contributed by atoms with van der Waals surface area (Å²) >= 11 is 6.36. The summed E-state index contributed by atoms with van der Waals surface area (Å²) in [5.74, 6) is 1.09. The molecule has 1 aliphatic carbocycles. The maximum atomic E-state index is 13.5. The third-order valence-electron chi connectivity index (χ3n) is 7.32. The predicted molar refractivity (Wildman–Crippen MR) is 149 cm³/mol. The van der Waals surface area contributed by atoms with Crippen LogP contribution in [0.25, 0.3) is 44.2 Å². The van der Waals surface area contributed by atoms with Gasteiger partial charge in [-0.05, 0) is 60.2 Å². The maximum absolute atomic E-state index is 13.5. The number of nitrogens with zero attached hydrogens (tertiary/aromatic N) is 3. The molecule has 39 heavy (non-hydrogen) atoms. The minimum absolute atomic E-state index is 0.114. The van der Waals surface area contributed by atoms with Gasteiger partial charge in [0.2, 0.25) is 0 Å². The molecule has 4 N–H and O–H groups in total. The predicted octanol–water partition coefficient (Wildman–Crippen LogP) is 7.47. The SMILES string of the molecule is Cc1nc(-c2ccc(-c3cc(C(F)(F)F)c[c]c3Cl)c3ccccc23)c2c(N)ncc(C3=CCC(N)CC3)n12. The van der Waals surface area contributed by atoms with Crippen molar-refractivity contribution >= 4 is 39.3 Å². The van der Waals surface area contributed by atoms with E-state index < -0.39 is 11.7 Å². The van der Waals surface area contributed by atoms with E-state index in [1.165, 1.54) is 0 Å². The normalized spacial score (nSPS) is 16.2. The smallest absolute Gasteiger partial charge is 0.382 e. The number of benzene rings is 3. The zero-order valence-corrected chi connectivity index (χ0v) is 21.7. The number of hydrogen-bond donors (Lipinski definition) is 2. The van der Waals surface area contributed by atoms with Crippen LogP contribution in [0.1, 0.15) is 36.3 Å². The van der Waals surface area contributed by atoms with Crippen LogP contribution in [0.15, 0.2) is 60.8 Å². The lowest BCUT2D eigenvalue weighted by Gasteiger charge is -2.20. The molecule has 3 aromatic carbocycles. The van der Waals surface area contributed by atoms with Crippen molar-refractivity contribution in [3.8, 4) is 22.4 Å². The first-order valence-corrected chi connectivity index (χ1v) is 12.9. The summed E-state index contributed by atoms with van der Waals surface area (Å²) in [5, 5.41) is 1.65. The first kappa shape index (κ1) is 25.4. The number of fused-ring (bicyclic) bond motifs is 2. The van der Waals surface area contributed by atoms with E-state index in [0.717, 1.165) is 64.8 Å². The number of rotatable bonds is 3. The highest BCUT2D eigenvalue weighted by Crippen LogP contribution is 2.42. The van der Waals surface area contributed by atoms with Gasteiger partial charge >= 0.3 is 6.18 Å². The Hall–Kier alpha value is -3.88. The molecule has 2 aromatic heterocycles. The Morgan fingerprint density at radius 1 is 1.08 bits per heavy atom. The first-order chi connectivity index (χ1) is 18.6. The molecule has 0 aliphatic heterocycles. The van der Waals surface area contributed by atoms with Gasteiger partial charge in [-0.1, -0.05) is 54.1 Å². The van der Waals surface area contributed by atoms with Crippen LogP contribution in [0.4, 0.5) is 19.0 Å². The van der Waals surface area contributed by atoms with Gasteiger partial charge in [-0.3, -0.25) is 4.40 Å². The van der Waals surface area contributed by atoms with E-state index in [-0.39, 0.29) is 16.6 Å². The van der Waals surface area contributed by atoms with Gasteiger partial charge in [-0.15, -0.1) is 0 Å². The van der Waals surface area contributed by atoms with Gasteiger partial charge in [0.15, 0.2) is 0 Å². The molecule has 5 nitrogen and oxygen atoms in total. The minimum atomic E-state index is -4.51. The number of anilines is 1. The van der Waals surface area contributed by atoms with Crippen LogP contribution in [0, 0.1) is 13.0 Å². The molecule has 197 valence electrons. The third-order valence-corrected chi connectivity index (χ3v) is 7.64. The summed E-state index contributed by atoms with van der Waals surface area (Å²) in [4.78, 5) is 9.43. The van der Waals surface area contributed by atoms with Crippen molar-refractivity contribution < 1.29 is 13.2 Å². The number of halogens is 4. The van der Waals surface area contributed by atoms with Crippen LogP contribution < -0.4 is 11.5 Å². The van der Waals surface area contributed by atoms with Crippen molar-refractivity contribution in [3.05, 3.63) is 89.0 Å². The Labute approximate surface area is 227 Å². The van der Waals surface area contributed by atoms with Gasteiger partial charge in [0.05, 0.1) is 22.5 Å². The highest BCUT2D eigenvalue weighted by atomic mass is 35.5. The molecule has 9 heteroatoms. The highest BCUT2D eigenvalue weighted by molar-refractivity contribution is 6.33. The molecular formula is C30H24ClF3N5. The first-order valence-electron chi connectivity index (χ1n) is 12.5. The van der Waals surface area contributed by atoms with Crippen molar-refractivity contribution in [2.24, 2.45) is 5.73 Å². The van der Waals surface area contributed by atoms with Crippen LogP contribution >= 0.6 is 11.6 Å². The zero-order chi connectivity index (χ0) is 27.5. The Morgan fingerprint density at radius 2 is 1.79 bits per heavy atom. The second-order valence-corrected chi connectivity index (χ2v) is 10.2. The van der Waals surface area contributed by atoms with E-state index in [1.807, 2.05) is 41.7 Å². The lowest BCUT2D eigenvalue weighted by Crippen LogP contribution is -2.21. The van der Waals surface area contributed by atoms with E-state index in [0.29, 0.717) is 22.6 Å². The Kier molecular flexibility index (Phi) is 6.12. The maximum Gasteiger partial charge on any atom is 0.416 e. The number of allylic oxidation sites excluding steroid dienone is 1. The standard InChI is InChI=1S/C30H24ClF3N5/c1-16-38-27(28-29(36)37-15-26(39(16)28)17-6-9-19(35)10-7-17)23-12-11-22(20-4-2-3-5-21(20)23)24-14-18(30(32,33)34)8-13-25(24)31/h2-6,8,11-12,14-15,19H,7,9-10,35H2,1H3,(H2,36,37). The molecule has 1 unspecified atom stereocenters. The summed E-state index contributed by atoms with van der Waals surface area (Å²) < 4.78 is 42.5. The number of aryl methyl sites for hydroxylation is 1.